The molecule has 2 rings (SSSR count). The lowest BCUT2D eigenvalue weighted by Gasteiger charge is -2.07. The molecular weight excluding hydrogens is 298 g/mol. The first-order chi connectivity index (χ1) is 10.1. The topological polar surface area (TPSA) is 88.8 Å². The highest BCUT2D eigenvalue weighted by Crippen LogP contribution is 2.14. The Kier molecular flexibility index (Phi) is 4.97. The number of hydrogen-bond donors (Lipinski definition) is 2. The van der Waals surface area contributed by atoms with Crippen LogP contribution in [0.3, 0.4) is 0 Å². The molecule has 6 nitrogen and oxygen atoms in total. The van der Waals surface area contributed by atoms with Crippen molar-refractivity contribution in [2.75, 3.05) is 11.9 Å². The number of ether oxygens (including phenoxy) is 1. The van der Waals surface area contributed by atoms with Crippen molar-refractivity contribution < 1.29 is 19.1 Å². The highest BCUT2D eigenvalue weighted by atomic mass is 35.5. The fourth-order valence-electron chi connectivity index (χ4n) is 1.53. The van der Waals surface area contributed by atoms with E-state index in [0.29, 0.717) is 10.7 Å². The van der Waals surface area contributed by atoms with Gasteiger partial charge in [0.15, 0.2) is 6.61 Å². The molecule has 0 saturated heterocycles. The van der Waals surface area contributed by atoms with E-state index in [-0.39, 0.29) is 24.7 Å². The summed E-state index contributed by atoms with van der Waals surface area (Å²) in [4.78, 5) is 23.2. The minimum Gasteiger partial charge on any atom is -0.477 e. The van der Waals surface area contributed by atoms with E-state index in [2.05, 4.69) is 5.32 Å². The first-order valence-corrected chi connectivity index (χ1v) is 6.37. The second-order valence-corrected chi connectivity index (χ2v) is 4.52. The van der Waals surface area contributed by atoms with Crippen LogP contribution in [0.1, 0.15) is 5.76 Å². The van der Waals surface area contributed by atoms with Gasteiger partial charge in [-0.05, 0) is 18.2 Å². The van der Waals surface area contributed by atoms with Gasteiger partial charge in [-0.15, -0.1) is 0 Å². The number of benzene rings is 1. The van der Waals surface area contributed by atoms with Gasteiger partial charge in [0.1, 0.15) is 18.6 Å². The van der Waals surface area contributed by atoms with Crippen LogP contribution in [-0.2, 0) is 11.4 Å². The molecule has 0 aliphatic carbocycles. The van der Waals surface area contributed by atoms with Gasteiger partial charge in [0.25, 0.3) is 5.91 Å². The number of carbonyl (C=O) groups is 1. The van der Waals surface area contributed by atoms with Gasteiger partial charge in [-0.25, -0.2) is 0 Å². The molecular formula is C14H12ClNO5. The number of anilines is 1. The van der Waals surface area contributed by atoms with E-state index in [1.807, 2.05) is 0 Å². The maximum absolute atomic E-state index is 11.7. The first kappa shape index (κ1) is 15.1. The second kappa shape index (κ2) is 6.92. The molecule has 110 valence electrons. The van der Waals surface area contributed by atoms with Crippen molar-refractivity contribution >= 4 is 23.2 Å². The molecule has 0 unspecified atom stereocenters. The number of carbonyl (C=O) groups excluding carboxylic acids is 1. The fourth-order valence-corrected chi connectivity index (χ4v) is 1.72. The van der Waals surface area contributed by atoms with E-state index in [1.165, 1.54) is 0 Å². The van der Waals surface area contributed by atoms with Crippen molar-refractivity contribution in [1.82, 2.24) is 0 Å². The van der Waals surface area contributed by atoms with Crippen LogP contribution in [-0.4, -0.2) is 17.6 Å². The minimum absolute atomic E-state index is 0.103. The molecule has 21 heavy (non-hydrogen) atoms. The summed E-state index contributed by atoms with van der Waals surface area (Å²) in [6.45, 7) is -0.736. The Bertz CT molecular complexity index is 698. The van der Waals surface area contributed by atoms with Crippen LogP contribution in [0.25, 0.3) is 0 Å². The molecule has 1 amide bonds. The molecule has 1 aromatic carbocycles. The summed E-state index contributed by atoms with van der Waals surface area (Å²) in [7, 11) is 0. The first-order valence-electron chi connectivity index (χ1n) is 5.99. The molecule has 0 fully saturated rings. The monoisotopic (exact) mass is 309 g/mol. The highest BCUT2D eigenvalue weighted by molar-refractivity contribution is 6.30. The zero-order chi connectivity index (χ0) is 15.2. The average Bonchev–Trinajstić information content (AvgIpc) is 2.46. The average molecular weight is 310 g/mol. The lowest BCUT2D eigenvalue weighted by molar-refractivity contribution is -0.118. The van der Waals surface area contributed by atoms with Gasteiger partial charge in [0.05, 0.1) is 0 Å². The molecule has 0 spiro atoms. The number of halogens is 1. The van der Waals surface area contributed by atoms with E-state index in [4.69, 9.17) is 25.9 Å². The second-order valence-electron chi connectivity index (χ2n) is 4.08. The van der Waals surface area contributed by atoms with E-state index in [1.54, 1.807) is 24.3 Å². The maximum atomic E-state index is 11.7. The molecule has 0 radical (unpaired) electrons. The minimum atomic E-state index is -0.471. The lowest BCUT2D eigenvalue weighted by atomic mass is 10.3. The van der Waals surface area contributed by atoms with Crippen molar-refractivity contribution in [2.45, 2.75) is 6.61 Å². The smallest absolute Gasteiger partial charge is 0.262 e. The van der Waals surface area contributed by atoms with Gasteiger partial charge in [-0.1, -0.05) is 17.7 Å². The van der Waals surface area contributed by atoms with Crippen molar-refractivity contribution in [3.05, 3.63) is 57.6 Å². The Hall–Kier alpha value is -2.31. The number of rotatable bonds is 5. The van der Waals surface area contributed by atoms with Gasteiger partial charge >= 0.3 is 0 Å². The van der Waals surface area contributed by atoms with Gasteiger partial charge < -0.3 is 19.6 Å². The molecule has 1 heterocycles. The van der Waals surface area contributed by atoms with Crippen LogP contribution in [0.4, 0.5) is 5.69 Å². The number of nitrogens with one attached hydrogen (secondary N) is 1. The number of aliphatic hydroxyl groups is 1. The maximum Gasteiger partial charge on any atom is 0.262 e. The summed E-state index contributed by atoms with van der Waals surface area (Å²) in [6, 6.07) is 7.74. The third kappa shape index (κ3) is 4.34. The molecule has 7 heteroatoms. The molecule has 0 aliphatic rings. The molecule has 0 bridgehead atoms. The van der Waals surface area contributed by atoms with Gasteiger partial charge in [0.2, 0.25) is 11.2 Å². The summed E-state index contributed by atoms with van der Waals surface area (Å²) >= 11 is 5.79. The van der Waals surface area contributed by atoms with Crippen LogP contribution >= 0.6 is 11.6 Å². The quantitative estimate of drug-likeness (QED) is 0.879. The van der Waals surface area contributed by atoms with Gasteiger partial charge in [-0.2, -0.15) is 0 Å². The third-order valence-electron chi connectivity index (χ3n) is 2.48. The zero-order valence-corrected chi connectivity index (χ0v) is 11.6. The van der Waals surface area contributed by atoms with Gasteiger partial charge in [0, 0.05) is 16.8 Å². The molecule has 0 atom stereocenters. The summed E-state index contributed by atoms with van der Waals surface area (Å²) in [5.74, 6) is -0.424. The predicted octanol–water partition coefficient (Wildman–Crippen LogP) is 1.80. The third-order valence-corrected chi connectivity index (χ3v) is 2.71. The van der Waals surface area contributed by atoms with Crippen LogP contribution in [0.15, 0.2) is 45.8 Å². The van der Waals surface area contributed by atoms with Crippen LogP contribution < -0.4 is 15.5 Å². The highest BCUT2D eigenvalue weighted by Gasteiger charge is 2.08. The van der Waals surface area contributed by atoms with Crippen molar-refractivity contribution in [2.24, 2.45) is 0 Å². The Morgan fingerprint density at radius 1 is 1.38 bits per heavy atom. The largest absolute Gasteiger partial charge is 0.477 e. The molecule has 1 aromatic heterocycles. The van der Waals surface area contributed by atoms with Crippen molar-refractivity contribution in [1.29, 1.82) is 0 Å². The summed E-state index contributed by atoms with van der Waals surface area (Å²) < 4.78 is 10.00. The predicted molar refractivity (Wildman–Crippen MR) is 76.5 cm³/mol. The Labute approximate surface area is 124 Å². The fraction of sp³-hybridized carbons (Fsp3) is 0.143. The normalized spacial score (nSPS) is 10.2. The van der Waals surface area contributed by atoms with E-state index < -0.39 is 11.3 Å². The van der Waals surface area contributed by atoms with Crippen molar-refractivity contribution in [3.63, 3.8) is 0 Å². The number of aliphatic hydroxyl groups excluding tert-OH is 1. The van der Waals surface area contributed by atoms with Gasteiger partial charge in [-0.3, -0.25) is 9.59 Å². The summed E-state index contributed by atoms with van der Waals surface area (Å²) in [5, 5.41) is 11.9. The Morgan fingerprint density at radius 3 is 2.86 bits per heavy atom. The number of amides is 1. The van der Waals surface area contributed by atoms with E-state index in [9.17, 15) is 9.59 Å². The number of hydrogen-bond acceptors (Lipinski definition) is 5. The molecule has 0 aliphatic heterocycles. The Balaban J connectivity index is 1.94. The molecule has 2 aromatic rings. The van der Waals surface area contributed by atoms with E-state index >= 15 is 0 Å². The van der Waals surface area contributed by atoms with Crippen LogP contribution in [0.2, 0.25) is 5.02 Å². The lowest BCUT2D eigenvalue weighted by Crippen LogP contribution is -2.22. The molecule has 2 N–H and O–H groups in total. The van der Waals surface area contributed by atoms with Crippen LogP contribution in [0, 0.1) is 0 Å². The van der Waals surface area contributed by atoms with E-state index in [0.717, 1.165) is 12.3 Å². The van der Waals surface area contributed by atoms with Crippen LogP contribution in [0.5, 0.6) is 5.75 Å². The summed E-state index contributed by atoms with van der Waals surface area (Å²) in [6.07, 6.45) is 1.06. The molecule has 0 saturated carbocycles. The summed E-state index contributed by atoms with van der Waals surface area (Å²) in [5.41, 5.74) is 0.0552. The van der Waals surface area contributed by atoms with Crippen molar-refractivity contribution in [3.8, 4) is 5.75 Å². The zero-order valence-electron chi connectivity index (χ0n) is 10.8. The Morgan fingerprint density at radius 2 is 2.19 bits per heavy atom. The standard InChI is InChI=1S/C14H12ClNO5/c15-9-2-1-3-10(4-9)16-14(19)8-21-13-7-20-11(6-17)5-12(13)18/h1-5,7,17H,6,8H2,(H,16,19). The SMILES string of the molecule is O=C(COc1coc(CO)cc1=O)Nc1cccc(Cl)c1.